The minimum Gasteiger partial charge on any atom is -0.357 e. The number of aryl methyl sites for hydroxylation is 2. The van der Waals surface area contributed by atoms with E-state index in [1.54, 1.807) is 6.07 Å². The second kappa shape index (κ2) is 10.6. The molecule has 3 rings (SSSR count). The number of hydrogen-bond donors (Lipinski definition) is 2. The number of rotatable bonds is 6. The van der Waals surface area contributed by atoms with Crippen LogP contribution in [0.5, 0.6) is 0 Å². The Morgan fingerprint density at radius 2 is 2.11 bits per heavy atom. The molecule has 0 bridgehead atoms. The van der Waals surface area contributed by atoms with E-state index < -0.39 is 0 Å². The maximum Gasteiger partial charge on any atom is 0.191 e. The maximum absolute atomic E-state index is 13.2. The minimum absolute atomic E-state index is 0. The molecule has 1 aliphatic heterocycles. The Kier molecular flexibility index (Phi) is 8.46. The highest BCUT2D eigenvalue weighted by Crippen LogP contribution is 2.14. The molecule has 0 saturated heterocycles. The van der Waals surface area contributed by atoms with Crippen molar-refractivity contribution in [2.75, 3.05) is 13.1 Å². The molecule has 0 spiro atoms. The third-order valence-corrected chi connectivity index (χ3v) is 4.65. The summed E-state index contributed by atoms with van der Waals surface area (Å²) in [6.45, 7) is 7.00. The lowest BCUT2D eigenvalue weighted by molar-refractivity contribution is 0.508. The van der Waals surface area contributed by atoms with E-state index in [9.17, 15) is 4.39 Å². The van der Waals surface area contributed by atoms with Gasteiger partial charge in [-0.25, -0.2) is 9.38 Å². The first-order valence-electron chi connectivity index (χ1n) is 9.35. The molecule has 8 heteroatoms. The van der Waals surface area contributed by atoms with Crippen LogP contribution in [-0.4, -0.2) is 33.8 Å². The number of fused-ring (bicyclic) bond motifs is 1. The van der Waals surface area contributed by atoms with Crippen molar-refractivity contribution in [2.45, 2.75) is 52.6 Å². The lowest BCUT2D eigenvalue weighted by Gasteiger charge is -2.15. The Morgan fingerprint density at radius 3 is 2.89 bits per heavy atom. The van der Waals surface area contributed by atoms with Gasteiger partial charge in [-0.3, -0.25) is 0 Å². The SMILES string of the molecule is CCNC(=NCc1nnc2n1CCCC2)NCCc1ccc(F)cc1C.I. The summed E-state index contributed by atoms with van der Waals surface area (Å²) in [6.07, 6.45) is 4.19. The van der Waals surface area contributed by atoms with Gasteiger partial charge in [-0.1, -0.05) is 6.07 Å². The molecule has 1 aliphatic rings. The number of hydrogen-bond acceptors (Lipinski definition) is 3. The molecule has 1 aromatic carbocycles. The molecule has 0 unspecified atom stereocenters. The van der Waals surface area contributed by atoms with Crippen LogP contribution in [0.4, 0.5) is 4.39 Å². The van der Waals surface area contributed by atoms with Crippen molar-refractivity contribution in [3.63, 3.8) is 0 Å². The molecule has 0 atom stereocenters. The largest absolute Gasteiger partial charge is 0.357 e. The number of nitrogens with zero attached hydrogens (tertiary/aromatic N) is 4. The van der Waals surface area contributed by atoms with Gasteiger partial charge in [0, 0.05) is 26.1 Å². The standard InChI is InChI=1S/C19H27FN6.HI/c1-3-21-19(22-10-9-15-7-8-16(20)12-14(15)2)23-13-18-25-24-17-6-4-5-11-26(17)18;/h7-8,12H,3-6,9-11,13H2,1-2H3,(H2,21,22,23);1H. The molecule has 27 heavy (non-hydrogen) atoms. The summed E-state index contributed by atoms with van der Waals surface area (Å²) in [5.41, 5.74) is 2.12. The molecule has 2 aromatic rings. The zero-order chi connectivity index (χ0) is 18.4. The van der Waals surface area contributed by atoms with E-state index >= 15 is 0 Å². The predicted octanol–water partition coefficient (Wildman–Crippen LogP) is 2.98. The number of guanidine groups is 1. The van der Waals surface area contributed by atoms with E-state index in [4.69, 9.17) is 0 Å². The number of halogens is 2. The van der Waals surface area contributed by atoms with E-state index in [0.717, 1.165) is 61.2 Å². The van der Waals surface area contributed by atoms with Gasteiger partial charge in [0.05, 0.1) is 0 Å². The molecular formula is C19H28FIN6. The van der Waals surface area contributed by atoms with Crippen LogP contribution < -0.4 is 10.6 Å². The Labute approximate surface area is 177 Å². The molecular weight excluding hydrogens is 458 g/mol. The van der Waals surface area contributed by atoms with Crippen molar-refractivity contribution < 1.29 is 4.39 Å². The molecule has 2 N–H and O–H groups in total. The van der Waals surface area contributed by atoms with Gasteiger partial charge in [-0.05, 0) is 56.4 Å². The molecule has 2 heterocycles. The molecule has 0 fully saturated rings. The average Bonchev–Trinajstić information content (AvgIpc) is 3.05. The summed E-state index contributed by atoms with van der Waals surface area (Å²) in [4.78, 5) is 4.64. The zero-order valence-electron chi connectivity index (χ0n) is 16.0. The lowest BCUT2D eigenvalue weighted by Crippen LogP contribution is -2.38. The van der Waals surface area contributed by atoms with Crippen LogP contribution in [0, 0.1) is 12.7 Å². The van der Waals surface area contributed by atoms with Crippen LogP contribution in [0.25, 0.3) is 0 Å². The van der Waals surface area contributed by atoms with Gasteiger partial charge in [-0.15, -0.1) is 34.2 Å². The first-order valence-corrected chi connectivity index (χ1v) is 9.35. The van der Waals surface area contributed by atoms with Gasteiger partial charge in [0.2, 0.25) is 0 Å². The van der Waals surface area contributed by atoms with Crippen LogP contribution >= 0.6 is 24.0 Å². The predicted molar refractivity (Wildman–Crippen MR) is 116 cm³/mol. The van der Waals surface area contributed by atoms with Crippen LogP contribution in [-0.2, 0) is 25.9 Å². The first-order chi connectivity index (χ1) is 12.7. The van der Waals surface area contributed by atoms with E-state index in [1.165, 1.54) is 18.9 Å². The normalized spacial score (nSPS) is 13.7. The Morgan fingerprint density at radius 1 is 1.26 bits per heavy atom. The summed E-state index contributed by atoms with van der Waals surface area (Å²) < 4.78 is 15.4. The monoisotopic (exact) mass is 486 g/mol. The molecule has 148 valence electrons. The van der Waals surface area contributed by atoms with Gasteiger partial charge in [0.25, 0.3) is 0 Å². The molecule has 1 aromatic heterocycles. The van der Waals surface area contributed by atoms with Gasteiger partial charge in [-0.2, -0.15) is 0 Å². The highest BCUT2D eigenvalue weighted by molar-refractivity contribution is 14.0. The zero-order valence-corrected chi connectivity index (χ0v) is 18.3. The van der Waals surface area contributed by atoms with Crippen LogP contribution in [0.3, 0.4) is 0 Å². The van der Waals surface area contributed by atoms with Gasteiger partial charge in [0.1, 0.15) is 18.2 Å². The summed E-state index contributed by atoms with van der Waals surface area (Å²) in [6, 6.07) is 4.93. The summed E-state index contributed by atoms with van der Waals surface area (Å²) in [5, 5.41) is 15.2. The second-order valence-electron chi connectivity index (χ2n) is 6.58. The van der Waals surface area contributed by atoms with Crippen molar-refractivity contribution in [3.05, 3.63) is 46.8 Å². The van der Waals surface area contributed by atoms with Crippen molar-refractivity contribution >= 4 is 29.9 Å². The molecule has 0 saturated carbocycles. The second-order valence-corrected chi connectivity index (χ2v) is 6.58. The van der Waals surface area contributed by atoms with Crippen LogP contribution in [0.2, 0.25) is 0 Å². The Bertz CT molecular complexity index is 774. The third kappa shape index (κ3) is 5.88. The Hall–Kier alpha value is -1.71. The van der Waals surface area contributed by atoms with E-state index in [0.29, 0.717) is 6.54 Å². The Balaban J connectivity index is 0.00000261. The summed E-state index contributed by atoms with van der Waals surface area (Å²) in [5.74, 6) is 2.57. The highest BCUT2D eigenvalue weighted by atomic mass is 127. The topological polar surface area (TPSA) is 67.1 Å². The number of nitrogens with one attached hydrogen (secondary N) is 2. The smallest absolute Gasteiger partial charge is 0.191 e. The van der Waals surface area contributed by atoms with E-state index in [2.05, 4.69) is 30.4 Å². The maximum atomic E-state index is 13.2. The van der Waals surface area contributed by atoms with Crippen molar-refractivity contribution in [1.29, 1.82) is 0 Å². The van der Waals surface area contributed by atoms with Gasteiger partial charge < -0.3 is 15.2 Å². The molecule has 0 radical (unpaired) electrons. The van der Waals surface area contributed by atoms with Crippen molar-refractivity contribution in [2.24, 2.45) is 4.99 Å². The first kappa shape index (κ1) is 21.6. The molecule has 0 amide bonds. The third-order valence-electron chi connectivity index (χ3n) is 4.65. The minimum atomic E-state index is -0.189. The van der Waals surface area contributed by atoms with E-state index in [1.807, 2.05) is 19.9 Å². The fraction of sp³-hybridized carbons (Fsp3) is 0.526. The fourth-order valence-electron chi connectivity index (χ4n) is 3.23. The summed E-state index contributed by atoms with van der Waals surface area (Å²) in [7, 11) is 0. The molecule has 6 nitrogen and oxygen atoms in total. The van der Waals surface area contributed by atoms with Gasteiger partial charge in [0.15, 0.2) is 11.8 Å². The van der Waals surface area contributed by atoms with Crippen molar-refractivity contribution in [1.82, 2.24) is 25.4 Å². The van der Waals surface area contributed by atoms with E-state index in [-0.39, 0.29) is 29.8 Å². The average molecular weight is 486 g/mol. The van der Waals surface area contributed by atoms with Crippen LogP contribution in [0.15, 0.2) is 23.2 Å². The fourth-order valence-corrected chi connectivity index (χ4v) is 3.23. The number of aliphatic imine (C=N–C) groups is 1. The van der Waals surface area contributed by atoms with Crippen LogP contribution in [0.1, 0.15) is 42.5 Å². The lowest BCUT2D eigenvalue weighted by atomic mass is 10.1. The number of aromatic nitrogens is 3. The van der Waals surface area contributed by atoms with Crippen molar-refractivity contribution in [3.8, 4) is 0 Å². The molecule has 0 aliphatic carbocycles. The van der Waals surface area contributed by atoms with Gasteiger partial charge >= 0.3 is 0 Å². The number of benzene rings is 1. The highest BCUT2D eigenvalue weighted by Gasteiger charge is 2.15. The summed E-state index contributed by atoms with van der Waals surface area (Å²) >= 11 is 0. The quantitative estimate of drug-likeness (QED) is 0.375.